The number of nitrogens with zero attached hydrogens (tertiary/aromatic N) is 3. The molecule has 0 unspecified atom stereocenters. The molecule has 0 fully saturated rings. The molecule has 1 amide bonds. The minimum absolute atomic E-state index is 0.337. The van der Waals surface area contributed by atoms with Gasteiger partial charge in [0.1, 0.15) is 11.4 Å². The molecule has 2 aromatic carbocycles. The second-order valence-corrected chi connectivity index (χ2v) is 6.31. The van der Waals surface area contributed by atoms with E-state index in [2.05, 4.69) is 20.7 Å². The zero-order valence-electron chi connectivity index (χ0n) is 16.1. The van der Waals surface area contributed by atoms with Crippen LogP contribution in [0.5, 0.6) is 5.75 Å². The van der Waals surface area contributed by atoms with Gasteiger partial charge in [-0.05, 0) is 55.0 Å². The summed E-state index contributed by atoms with van der Waals surface area (Å²) in [6, 6.07) is 17.1. The fraction of sp³-hybridized carbons (Fsp3) is 0.190. The monoisotopic (exact) mass is 377 g/mol. The smallest absolute Gasteiger partial charge is 0.289 e. The van der Waals surface area contributed by atoms with Gasteiger partial charge < -0.3 is 9.64 Å². The van der Waals surface area contributed by atoms with Crippen LogP contribution < -0.4 is 15.1 Å². The lowest BCUT2D eigenvalue weighted by molar-refractivity contribution is 0.0950. The lowest BCUT2D eigenvalue weighted by atomic mass is 10.1. The molecule has 3 rings (SSSR count). The van der Waals surface area contributed by atoms with Crippen LogP contribution >= 0.6 is 0 Å². The second-order valence-electron chi connectivity index (χ2n) is 6.31. The molecule has 3 aromatic rings. The van der Waals surface area contributed by atoms with Gasteiger partial charge in [0.2, 0.25) is 0 Å². The molecule has 28 heavy (non-hydrogen) atoms. The molecule has 1 heterocycles. The average molecular weight is 377 g/mol. The van der Waals surface area contributed by atoms with Gasteiger partial charge in [0.05, 0.1) is 18.5 Å². The first kappa shape index (κ1) is 19.2. The van der Waals surface area contributed by atoms with E-state index in [0.717, 1.165) is 22.6 Å². The number of aromatic amines is 1. The Bertz CT molecular complexity index is 944. The highest BCUT2D eigenvalue weighted by molar-refractivity contribution is 5.94. The van der Waals surface area contributed by atoms with Gasteiger partial charge in [-0.1, -0.05) is 12.1 Å². The lowest BCUT2D eigenvalue weighted by Gasteiger charge is -2.11. The van der Waals surface area contributed by atoms with Crippen molar-refractivity contribution >= 4 is 17.8 Å². The van der Waals surface area contributed by atoms with Crippen LogP contribution in [0.15, 0.2) is 59.7 Å². The zero-order valence-corrected chi connectivity index (χ0v) is 16.1. The Morgan fingerprint density at radius 3 is 2.54 bits per heavy atom. The van der Waals surface area contributed by atoms with E-state index in [-0.39, 0.29) is 5.91 Å². The van der Waals surface area contributed by atoms with Crippen LogP contribution in [0.25, 0.3) is 11.3 Å². The number of aromatic nitrogens is 2. The summed E-state index contributed by atoms with van der Waals surface area (Å²) in [5.41, 5.74) is 6.40. The molecule has 0 bridgehead atoms. The predicted octanol–water partition coefficient (Wildman–Crippen LogP) is 3.31. The normalized spacial score (nSPS) is 10.8. The first-order valence-corrected chi connectivity index (χ1v) is 8.96. The van der Waals surface area contributed by atoms with Crippen molar-refractivity contribution in [3.8, 4) is 17.0 Å². The number of amides is 1. The zero-order chi connectivity index (χ0) is 19.9. The lowest BCUT2D eigenvalue weighted by Crippen LogP contribution is -2.18. The van der Waals surface area contributed by atoms with Crippen LogP contribution in [0.4, 0.5) is 5.69 Å². The number of rotatable bonds is 7. The maximum absolute atomic E-state index is 12.2. The van der Waals surface area contributed by atoms with Crippen LogP contribution in [0.1, 0.15) is 23.0 Å². The van der Waals surface area contributed by atoms with E-state index >= 15 is 0 Å². The highest BCUT2D eigenvalue weighted by Crippen LogP contribution is 2.21. The third-order valence-corrected chi connectivity index (χ3v) is 4.07. The molecule has 1 aromatic heterocycles. The third kappa shape index (κ3) is 4.76. The standard InChI is InChI=1S/C21H23N5O2/c1-4-28-18-11-7-16(8-12-18)19-13-20(24-23-19)21(27)25-22-14-15-5-9-17(10-6-15)26(2)3/h5-14H,4H2,1-3H3,(H,23,24)(H,25,27). The van der Waals surface area contributed by atoms with Crippen molar-refractivity contribution in [2.45, 2.75) is 6.92 Å². The molecule has 0 saturated carbocycles. The fourth-order valence-corrected chi connectivity index (χ4v) is 2.56. The molecule has 7 nitrogen and oxygen atoms in total. The van der Waals surface area contributed by atoms with E-state index in [4.69, 9.17) is 4.74 Å². The van der Waals surface area contributed by atoms with Gasteiger partial charge in [-0.25, -0.2) is 5.43 Å². The van der Waals surface area contributed by atoms with Gasteiger partial charge in [-0.3, -0.25) is 9.89 Å². The maximum atomic E-state index is 12.2. The fourth-order valence-electron chi connectivity index (χ4n) is 2.56. The Morgan fingerprint density at radius 2 is 1.89 bits per heavy atom. The number of anilines is 1. The van der Waals surface area contributed by atoms with E-state index in [1.165, 1.54) is 0 Å². The largest absolute Gasteiger partial charge is 0.494 e. The van der Waals surface area contributed by atoms with Crippen molar-refractivity contribution < 1.29 is 9.53 Å². The van der Waals surface area contributed by atoms with E-state index in [1.807, 2.05) is 74.4 Å². The number of hydrogen-bond donors (Lipinski definition) is 2. The number of carbonyl (C=O) groups excluding carboxylic acids is 1. The predicted molar refractivity (Wildman–Crippen MR) is 111 cm³/mol. The van der Waals surface area contributed by atoms with Gasteiger partial charge in [-0.15, -0.1) is 0 Å². The van der Waals surface area contributed by atoms with Gasteiger partial charge in [0, 0.05) is 25.3 Å². The molecular weight excluding hydrogens is 354 g/mol. The van der Waals surface area contributed by atoms with Crippen LogP contribution in [-0.4, -0.2) is 43.0 Å². The Labute approximate surface area is 164 Å². The molecule has 2 N–H and O–H groups in total. The topological polar surface area (TPSA) is 82.6 Å². The first-order valence-electron chi connectivity index (χ1n) is 8.96. The summed E-state index contributed by atoms with van der Waals surface area (Å²) in [5, 5.41) is 10.9. The van der Waals surface area contributed by atoms with Crippen LogP contribution in [-0.2, 0) is 0 Å². The molecule has 0 radical (unpaired) electrons. The van der Waals surface area contributed by atoms with Gasteiger partial charge in [-0.2, -0.15) is 10.2 Å². The third-order valence-electron chi connectivity index (χ3n) is 4.07. The molecule has 0 atom stereocenters. The van der Waals surface area contributed by atoms with Crippen LogP contribution in [0, 0.1) is 0 Å². The van der Waals surface area contributed by atoms with Gasteiger partial charge in [0.15, 0.2) is 0 Å². The number of hydrazone groups is 1. The van der Waals surface area contributed by atoms with E-state index in [1.54, 1.807) is 12.3 Å². The molecule has 144 valence electrons. The van der Waals surface area contributed by atoms with Crippen molar-refractivity contribution in [3.63, 3.8) is 0 Å². The van der Waals surface area contributed by atoms with Crippen molar-refractivity contribution in [1.29, 1.82) is 0 Å². The van der Waals surface area contributed by atoms with Crippen LogP contribution in [0.2, 0.25) is 0 Å². The summed E-state index contributed by atoms with van der Waals surface area (Å²) in [6.45, 7) is 2.56. The SMILES string of the molecule is CCOc1ccc(-c2cc(C(=O)NN=Cc3ccc(N(C)C)cc3)[nH]n2)cc1. The van der Waals surface area contributed by atoms with Gasteiger partial charge in [0.25, 0.3) is 5.91 Å². The number of H-pyrrole nitrogens is 1. The van der Waals surface area contributed by atoms with Crippen molar-refractivity contribution in [2.24, 2.45) is 5.10 Å². The highest BCUT2D eigenvalue weighted by Gasteiger charge is 2.10. The molecule has 0 spiro atoms. The molecule has 0 saturated heterocycles. The molecule has 0 aliphatic heterocycles. The van der Waals surface area contributed by atoms with E-state index in [9.17, 15) is 4.79 Å². The van der Waals surface area contributed by atoms with Gasteiger partial charge >= 0.3 is 0 Å². The minimum Gasteiger partial charge on any atom is -0.494 e. The number of hydrogen-bond acceptors (Lipinski definition) is 5. The first-order chi connectivity index (χ1) is 13.6. The van der Waals surface area contributed by atoms with Crippen molar-refractivity contribution in [3.05, 3.63) is 65.9 Å². The van der Waals surface area contributed by atoms with Crippen molar-refractivity contribution in [2.75, 3.05) is 25.6 Å². The number of nitrogens with one attached hydrogen (secondary N) is 2. The Balaban J connectivity index is 1.60. The van der Waals surface area contributed by atoms with E-state index in [0.29, 0.717) is 18.0 Å². The van der Waals surface area contributed by atoms with Crippen molar-refractivity contribution in [1.82, 2.24) is 15.6 Å². The summed E-state index contributed by atoms with van der Waals surface area (Å²) >= 11 is 0. The Hall–Kier alpha value is -3.61. The summed E-state index contributed by atoms with van der Waals surface area (Å²) in [5.74, 6) is 0.443. The quantitative estimate of drug-likeness (QED) is 0.489. The number of benzene rings is 2. The molecule has 7 heteroatoms. The summed E-state index contributed by atoms with van der Waals surface area (Å²) in [6.07, 6.45) is 1.60. The van der Waals surface area contributed by atoms with E-state index < -0.39 is 0 Å². The van der Waals surface area contributed by atoms with Crippen LogP contribution in [0.3, 0.4) is 0 Å². The Kier molecular flexibility index (Phi) is 6.06. The highest BCUT2D eigenvalue weighted by atomic mass is 16.5. The number of ether oxygens (including phenoxy) is 1. The molecule has 0 aliphatic carbocycles. The minimum atomic E-state index is -0.356. The summed E-state index contributed by atoms with van der Waals surface area (Å²) in [7, 11) is 3.96. The maximum Gasteiger partial charge on any atom is 0.289 e. The number of carbonyl (C=O) groups is 1. The summed E-state index contributed by atoms with van der Waals surface area (Å²) in [4.78, 5) is 14.3. The second kappa shape index (κ2) is 8.85. The summed E-state index contributed by atoms with van der Waals surface area (Å²) < 4.78 is 5.43. The Morgan fingerprint density at radius 1 is 1.18 bits per heavy atom. The molecule has 0 aliphatic rings. The average Bonchev–Trinajstić information content (AvgIpc) is 3.19. The molecular formula is C21H23N5O2.